The Balaban J connectivity index is 2.77. The number of carbonyl (C=O) groups is 2. The van der Waals surface area contributed by atoms with E-state index in [-0.39, 0.29) is 22.5 Å². The van der Waals surface area contributed by atoms with E-state index in [1.807, 2.05) is 32.9 Å². The summed E-state index contributed by atoms with van der Waals surface area (Å²) >= 11 is 0. The summed E-state index contributed by atoms with van der Waals surface area (Å²) in [6.45, 7) is 13.5. The van der Waals surface area contributed by atoms with Crippen LogP contribution < -0.4 is 9.47 Å². The molecule has 0 bridgehead atoms. The second kappa shape index (κ2) is 9.62. The van der Waals surface area contributed by atoms with E-state index in [1.54, 1.807) is 25.1 Å². The third-order valence-corrected chi connectivity index (χ3v) is 9.33. The van der Waals surface area contributed by atoms with Gasteiger partial charge in [-0.15, -0.1) is 0 Å². The van der Waals surface area contributed by atoms with E-state index in [2.05, 4.69) is 20.8 Å². The summed E-state index contributed by atoms with van der Waals surface area (Å²) in [5.74, 6) is 0.476. The summed E-state index contributed by atoms with van der Waals surface area (Å²) in [7, 11) is -1.20. The van der Waals surface area contributed by atoms with Crippen LogP contribution in [0.2, 0.25) is 0 Å². The molecule has 2 aromatic rings. The summed E-state index contributed by atoms with van der Waals surface area (Å²) < 4.78 is 25.2. The van der Waals surface area contributed by atoms with Crippen molar-refractivity contribution in [1.82, 2.24) is 0 Å². The third kappa shape index (κ3) is 4.54. The summed E-state index contributed by atoms with van der Waals surface area (Å²) in [6, 6.07) is 8.81. The zero-order valence-electron chi connectivity index (χ0n) is 20.7. The van der Waals surface area contributed by atoms with E-state index >= 15 is 0 Å². The zero-order chi connectivity index (χ0) is 24.4. The van der Waals surface area contributed by atoms with Crippen molar-refractivity contribution in [3.05, 3.63) is 58.1 Å². The lowest BCUT2D eigenvalue weighted by Gasteiger charge is -2.26. The number of benzene rings is 2. The summed E-state index contributed by atoms with van der Waals surface area (Å²) in [5.41, 5.74) is 0.910. The topological polar surface area (TPSA) is 69.7 Å². The highest BCUT2D eigenvalue weighted by Crippen LogP contribution is 2.59. The minimum absolute atomic E-state index is 0.0519. The molecule has 0 N–H and O–H groups in total. The predicted octanol–water partition coefficient (Wildman–Crippen LogP) is 6.76. The molecule has 0 saturated carbocycles. The van der Waals surface area contributed by atoms with Crippen molar-refractivity contribution in [3.63, 3.8) is 0 Å². The van der Waals surface area contributed by atoms with E-state index in [0.717, 1.165) is 16.7 Å². The highest BCUT2D eigenvalue weighted by Gasteiger charge is 2.47. The minimum Gasteiger partial charge on any atom is -0.496 e. The molecule has 0 saturated heterocycles. The Labute approximate surface area is 191 Å². The van der Waals surface area contributed by atoms with Gasteiger partial charge in [-0.2, -0.15) is 0 Å². The predicted molar refractivity (Wildman–Crippen MR) is 130 cm³/mol. The Kier molecular flexibility index (Phi) is 7.78. The van der Waals surface area contributed by atoms with Gasteiger partial charge in [0, 0.05) is 11.2 Å². The van der Waals surface area contributed by atoms with Crippen molar-refractivity contribution in [1.29, 1.82) is 0 Å². The van der Waals surface area contributed by atoms with Crippen LogP contribution in [0.15, 0.2) is 30.3 Å². The number of hydrogen-bond acceptors (Lipinski definition) is 5. The Hall–Kier alpha value is -2.39. The maximum absolute atomic E-state index is 14.5. The Morgan fingerprint density at radius 2 is 1.38 bits per heavy atom. The van der Waals surface area contributed by atoms with Gasteiger partial charge in [0.05, 0.1) is 14.2 Å². The maximum Gasteiger partial charge on any atom is 0.236 e. The quantitative estimate of drug-likeness (QED) is 0.409. The molecule has 0 amide bonds. The molecule has 0 fully saturated rings. The van der Waals surface area contributed by atoms with Crippen LogP contribution in [0.3, 0.4) is 0 Å². The van der Waals surface area contributed by atoms with Crippen molar-refractivity contribution >= 4 is 18.2 Å². The molecule has 0 aliphatic heterocycles. The largest absolute Gasteiger partial charge is 0.496 e. The second-order valence-electron chi connectivity index (χ2n) is 9.30. The molecular formula is C26H35O5P. The van der Waals surface area contributed by atoms with Crippen molar-refractivity contribution in [2.24, 2.45) is 0 Å². The molecule has 0 aromatic heterocycles. The van der Waals surface area contributed by atoms with Crippen LogP contribution in [0.4, 0.5) is 0 Å². The molecule has 0 aliphatic carbocycles. The van der Waals surface area contributed by atoms with Gasteiger partial charge in [-0.05, 0) is 54.5 Å². The fourth-order valence-corrected chi connectivity index (χ4v) is 6.61. The lowest BCUT2D eigenvalue weighted by molar-refractivity contribution is 0.103. The first-order valence-corrected chi connectivity index (χ1v) is 12.6. The normalized spacial score (nSPS) is 14.4. The molecule has 0 aliphatic rings. The Morgan fingerprint density at radius 3 is 1.75 bits per heavy atom. The molecule has 0 radical (unpaired) electrons. The van der Waals surface area contributed by atoms with Gasteiger partial charge in [0.2, 0.25) is 18.2 Å². The lowest BCUT2D eigenvalue weighted by atomic mass is 9.84. The van der Waals surface area contributed by atoms with E-state index in [4.69, 9.17) is 9.47 Å². The molecule has 5 nitrogen and oxygen atoms in total. The number of rotatable bonds is 8. The monoisotopic (exact) mass is 458 g/mol. The van der Waals surface area contributed by atoms with Crippen molar-refractivity contribution in [3.8, 4) is 11.5 Å². The summed E-state index contributed by atoms with van der Waals surface area (Å²) in [6.07, 6.45) is 0.421. The van der Waals surface area contributed by atoms with Gasteiger partial charge in [0.15, 0.2) is 0 Å². The van der Waals surface area contributed by atoms with Crippen molar-refractivity contribution in [2.45, 2.75) is 66.0 Å². The van der Waals surface area contributed by atoms with Gasteiger partial charge in [-0.3, -0.25) is 9.59 Å². The Morgan fingerprint density at radius 1 is 0.938 bits per heavy atom. The average molecular weight is 459 g/mol. The fourth-order valence-electron chi connectivity index (χ4n) is 3.88. The molecule has 32 heavy (non-hydrogen) atoms. The first kappa shape index (κ1) is 25.9. The molecule has 6 heteroatoms. The highest BCUT2D eigenvalue weighted by molar-refractivity contribution is 7.96. The first-order chi connectivity index (χ1) is 14.8. The van der Waals surface area contributed by atoms with E-state index in [9.17, 15) is 14.2 Å². The average Bonchev–Trinajstić information content (AvgIpc) is 2.75. The van der Waals surface area contributed by atoms with Crippen LogP contribution in [-0.2, 0) is 9.98 Å². The third-order valence-electron chi connectivity index (χ3n) is 6.07. The SMILES string of the molecule is CCC(C)P(=O)(C(=O)c1c(C)cc(C(C)(C)C)cc1C)C(=O)c1c(OC)cccc1OC. The van der Waals surface area contributed by atoms with Crippen LogP contribution in [-0.4, -0.2) is 30.9 Å². The van der Waals surface area contributed by atoms with Crippen LogP contribution >= 0.6 is 7.14 Å². The van der Waals surface area contributed by atoms with E-state index in [0.29, 0.717) is 12.0 Å². The standard InChI is InChI=1S/C26H35O5P/c1-10-18(4)32(29,25(28)23-20(30-8)12-11-13-21(23)31-9)24(27)22-16(2)14-19(15-17(22)3)26(5,6)7/h11-15,18H,10H2,1-9H3. The van der Waals surface area contributed by atoms with Gasteiger partial charge in [0.25, 0.3) is 0 Å². The van der Waals surface area contributed by atoms with Crippen LogP contribution in [0.1, 0.15) is 78.4 Å². The summed E-state index contributed by atoms with van der Waals surface area (Å²) in [4.78, 5) is 27.8. The number of methoxy groups -OCH3 is 2. The van der Waals surface area contributed by atoms with Gasteiger partial charge >= 0.3 is 0 Å². The van der Waals surface area contributed by atoms with Gasteiger partial charge < -0.3 is 14.0 Å². The van der Waals surface area contributed by atoms with E-state index < -0.39 is 23.8 Å². The molecule has 2 atom stereocenters. The zero-order valence-corrected chi connectivity index (χ0v) is 21.6. The van der Waals surface area contributed by atoms with Gasteiger partial charge in [-0.25, -0.2) is 0 Å². The van der Waals surface area contributed by atoms with Crippen LogP contribution in [0, 0.1) is 13.8 Å². The van der Waals surface area contributed by atoms with Crippen molar-refractivity contribution in [2.75, 3.05) is 14.2 Å². The summed E-state index contributed by atoms with van der Waals surface area (Å²) in [5, 5.41) is 0. The van der Waals surface area contributed by atoms with Gasteiger partial charge in [0.1, 0.15) is 17.1 Å². The fraction of sp³-hybridized carbons (Fsp3) is 0.462. The van der Waals surface area contributed by atoms with Crippen molar-refractivity contribution < 1.29 is 23.6 Å². The Bertz CT molecular complexity index is 1030. The molecular weight excluding hydrogens is 423 g/mol. The first-order valence-electron chi connectivity index (χ1n) is 10.9. The van der Waals surface area contributed by atoms with E-state index in [1.165, 1.54) is 14.2 Å². The molecule has 2 unspecified atom stereocenters. The minimum atomic E-state index is -4.06. The maximum atomic E-state index is 14.5. The molecule has 2 rings (SSSR count). The number of ether oxygens (including phenoxy) is 2. The van der Waals surface area contributed by atoms with Gasteiger partial charge in [-0.1, -0.05) is 52.8 Å². The number of aryl methyl sites for hydroxylation is 2. The number of hydrogen-bond donors (Lipinski definition) is 0. The molecule has 2 aromatic carbocycles. The van der Waals surface area contributed by atoms with Crippen LogP contribution in [0.5, 0.6) is 11.5 Å². The molecule has 0 spiro atoms. The number of carbonyl (C=O) groups excluding carboxylic acids is 2. The highest BCUT2D eigenvalue weighted by atomic mass is 31.2. The lowest BCUT2D eigenvalue weighted by Crippen LogP contribution is -2.22. The molecule has 0 heterocycles. The second-order valence-corrected chi connectivity index (χ2v) is 12.3. The smallest absolute Gasteiger partial charge is 0.236 e. The van der Waals surface area contributed by atoms with Crippen LogP contribution in [0.25, 0.3) is 0 Å². The molecule has 174 valence electrons.